The number of carbonyl (C=O) groups excluding carboxylic acids is 2. The van der Waals surface area contributed by atoms with Crippen LogP contribution in [-0.4, -0.2) is 65.9 Å². The van der Waals surface area contributed by atoms with Gasteiger partial charge in [0.2, 0.25) is 5.91 Å². The third-order valence-electron chi connectivity index (χ3n) is 7.50. The number of carbonyl (C=O) groups is 2. The normalized spacial score (nSPS) is 19.1. The summed E-state index contributed by atoms with van der Waals surface area (Å²) < 4.78 is 11.8. The van der Waals surface area contributed by atoms with Crippen LogP contribution in [0.15, 0.2) is 36.5 Å². The van der Waals surface area contributed by atoms with E-state index < -0.39 is 16.8 Å². The van der Waals surface area contributed by atoms with Crippen molar-refractivity contribution in [1.82, 2.24) is 25.3 Å². The third kappa shape index (κ3) is 6.59. The van der Waals surface area contributed by atoms with Gasteiger partial charge in [-0.25, -0.2) is 0 Å². The van der Waals surface area contributed by atoms with Gasteiger partial charge in [-0.15, -0.1) is 0 Å². The Morgan fingerprint density at radius 1 is 1.11 bits per heavy atom. The lowest BCUT2D eigenvalue weighted by Gasteiger charge is -2.39. The SMILES string of the molecule is Cc1n[nH]c(C)c1-c1ccc(NC(=O)[C@H](C2CCC(C)CC2)N(CCCS(C)=O)C(=O)c2ccn[nH]2)cc1. The zero-order chi connectivity index (χ0) is 27.2. The maximum absolute atomic E-state index is 13.9. The van der Waals surface area contributed by atoms with Crippen molar-refractivity contribution in [2.24, 2.45) is 11.8 Å². The standard InChI is InChI=1S/C28H38N6O3S/c1-18-6-8-22(9-7-18)26(34(16-5-17-38(4)37)28(36)24-14-15-29-33-24)27(35)30-23-12-10-21(11-13-23)25-19(2)31-32-20(25)3/h10-15,18,22,26H,5-9,16-17H2,1-4H3,(H,29,33)(H,30,35)(H,31,32)/t18?,22?,26-,38?/m0/s1. The predicted molar refractivity (Wildman–Crippen MR) is 150 cm³/mol. The largest absolute Gasteiger partial charge is 0.325 e. The summed E-state index contributed by atoms with van der Waals surface area (Å²) in [6.45, 7) is 6.53. The second-order valence-electron chi connectivity index (χ2n) is 10.4. The van der Waals surface area contributed by atoms with Crippen LogP contribution in [-0.2, 0) is 15.6 Å². The summed E-state index contributed by atoms with van der Waals surface area (Å²) >= 11 is 0. The molecule has 0 radical (unpaired) electrons. The molecule has 0 spiro atoms. The summed E-state index contributed by atoms with van der Waals surface area (Å²) in [5.41, 5.74) is 5.02. The first-order valence-electron chi connectivity index (χ1n) is 13.3. The average Bonchev–Trinajstić information content (AvgIpc) is 3.54. The maximum atomic E-state index is 13.9. The number of nitrogens with one attached hydrogen (secondary N) is 3. The molecule has 0 bridgehead atoms. The lowest BCUT2D eigenvalue weighted by atomic mass is 9.78. The molecule has 9 nitrogen and oxygen atoms in total. The molecule has 3 aromatic rings. The third-order valence-corrected chi connectivity index (χ3v) is 8.37. The molecule has 10 heteroatoms. The molecule has 0 aliphatic heterocycles. The predicted octanol–water partition coefficient (Wildman–Crippen LogP) is 4.46. The number of benzene rings is 1. The van der Waals surface area contributed by atoms with Gasteiger partial charge in [-0.1, -0.05) is 31.9 Å². The molecular formula is C28H38N6O3S. The summed E-state index contributed by atoms with van der Waals surface area (Å²) in [4.78, 5) is 29.2. The highest BCUT2D eigenvalue weighted by Gasteiger charge is 2.38. The average molecular weight is 539 g/mol. The number of rotatable bonds is 10. The summed E-state index contributed by atoms with van der Waals surface area (Å²) in [6.07, 6.45) is 7.55. The quantitative estimate of drug-likeness (QED) is 0.352. The first-order valence-corrected chi connectivity index (χ1v) is 15.0. The van der Waals surface area contributed by atoms with Crippen molar-refractivity contribution < 1.29 is 13.8 Å². The number of aromatic nitrogens is 4. The maximum Gasteiger partial charge on any atom is 0.272 e. The van der Waals surface area contributed by atoms with Gasteiger partial charge in [0.05, 0.1) is 5.69 Å². The van der Waals surface area contributed by atoms with Crippen molar-refractivity contribution >= 4 is 28.3 Å². The molecule has 204 valence electrons. The fraction of sp³-hybridized carbons (Fsp3) is 0.500. The van der Waals surface area contributed by atoms with Crippen molar-refractivity contribution in [2.75, 3.05) is 23.9 Å². The molecule has 1 saturated carbocycles. The van der Waals surface area contributed by atoms with Gasteiger partial charge >= 0.3 is 0 Å². The van der Waals surface area contributed by atoms with Crippen LogP contribution >= 0.6 is 0 Å². The second kappa shape index (κ2) is 12.5. The van der Waals surface area contributed by atoms with E-state index in [0.29, 0.717) is 36.0 Å². The highest BCUT2D eigenvalue weighted by molar-refractivity contribution is 7.84. The molecule has 2 aromatic heterocycles. The fourth-order valence-electron chi connectivity index (χ4n) is 5.46. The molecule has 0 saturated heterocycles. The molecule has 2 amide bonds. The lowest BCUT2D eigenvalue weighted by Crippen LogP contribution is -2.52. The van der Waals surface area contributed by atoms with Crippen LogP contribution in [0, 0.1) is 25.7 Å². The molecule has 3 N–H and O–H groups in total. The molecule has 2 atom stereocenters. The zero-order valence-electron chi connectivity index (χ0n) is 22.6. The lowest BCUT2D eigenvalue weighted by molar-refractivity contribution is -0.123. The zero-order valence-corrected chi connectivity index (χ0v) is 23.4. The Morgan fingerprint density at radius 3 is 2.39 bits per heavy atom. The van der Waals surface area contributed by atoms with Gasteiger partial charge in [0, 0.05) is 52.5 Å². The second-order valence-corrected chi connectivity index (χ2v) is 12.0. The minimum absolute atomic E-state index is 0.0423. The summed E-state index contributed by atoms with van der Waals surface area (Å²) in [5, 5.41) is 17.1. The van der Waals surface area contributed by atoms with Crippen molar-refractivity contribution in [1.29, 1.82) is 0 Å². The van der Waals surface area contributed by atoms with Crippen LogP contribution in [0.3, 0.4) is 0 Å². The van der Waals surface area contributed by atoms with Crippen molar-refractivity contribution in [3.63, 3.8) is 0 Å². The summed E-state index contributed by atoms with van der Waals surface area (Å²) in [6, 6.07) is 8.72. The number of amides is 2. The van der Waals surface area contributed by atoms with E-state index in [1.807, 2.05) is 38.1 Å². The Kier molecular flexibility index (Phi) is 9.14. The van der Waals surface area contributed by atoms with Crippen LogP contribution < -0.4 is 5.32 Å². The van der Waals surface area contributed by atoms with E-state index in [0.717, 1.165) is 48.2 Å². The Balaban J connectivity index is 1.60. The Morgan fingerprint density at radius 2 is 1.82 bits per heavy atom. The number of anilines is 1. The van der Waals surface area contributed by atoms with Crippen LogP contribution in [0.4, 0.5) is 5.69 Å². The molecule has 1 aromatic carbocycles. The van der Waals surface area contributed by atoms with Gasteiger partial charge in [0.15, 0.2) is 0 Å². The van der Waals surface area contributed by atoms with E-state index in [-0.39, 0.29) is 17.7 Å². The smallest absolute Gasteiger partial charge is 0.272 e. The highest BCUT2D eigenvalue weighted by atomic mass is 32.2. The highest BCUT2D eigenvalue weighted by Crippen LogP contribution is 2.34. The van der Waals surface area contributed by atoms with Crippen molar-refractivity contribution in [2.45, 2.75) is 58.9 Å². The minimum atomic E-state index is -0.981. The topological polar surface area (TPSA) is 124 Å². The van der Waals surface area contributed by atoms with Crippen molar-refractivity contribution in [3.8, 4) is 11.1 Å². The Bertz CT molecular complexity index is 1230. The van der Waals surface area contributed by atoms with E-state index in [9.17, 15) is 13.8 Å². The first kappa shape index (κ1) is 27.8. The minimum Gasteiger partial charge on any atom is -0.325 e. The van der Waals surface area contributed by atoms with Crippen LogP contribution in [0.25, 0.3) is 11.1 Å². The molecule has 1 fully saturated rings. The number of nitrogens with zero attached hydrogens (tertiary/aromatic N) is 3. The van der Waals surface area contributed by atoms with Crippen LogP contribution in [0.1, 0.15) is 60.9 Å². The van der Waals surface area contributed by atoms with Crippen LogP contribution in [0.5, 0.6) is 0 Å². The Labute approximate surface area is 226 Å². The summed E-state index contributed by atoms with van der Waals surface area (Å²) in [5.74, 6) is 0.664. The number of aryl methyl sites for hydroxylation is 2. The van der Waals surface area contributed by atoms with Crippen LogP contribution in [0.2, 0.25) is 0 Å². The summed E-state index contributed by atoms with van der Waals surface area (Å²) in [7, 11) is -0.981. The molecule has 38 heavy (non-hydrogen) atoms. The molecule has 1 aliphatic rings. The van der Waals surface area contributed by atoms with Gasteiger partial charge in [-0.3, -0.25) is 24.0 Å². The first-order chi connectivity index (χ1) is 18.2. The van der Waals surface area contributed by atoms with Gasteiger partial charge in [0.1, 0.15) is 11.7 Å². The molecule has 1 unspecified atom stereocenters. The van der Waals surface area contributed by atoms with Gasteiger partial charge in [-0.05, 0) is 68.7 Å². The van der Waals surface area contributed by atoms with E-state index in [4.69, 9.17) is 0 Å². The van der Waals surface area contributed by atoms with Crippen molar-refractivity contribution in [3.05, 3.63) is 53.6 Å². The van der Waals surface area contributed by atoms with Gasteiger partial charge < -0.3 is 10.2 Å². The van der Waals surface area contributed by atoms with E-state index >= 15 is 0 Å². The molecule has 4 rings (SSSR count). The van der Waals surface area contributed by atoms with E-state index in [1.165, 1.54) is 6.20 Å². The Hall–Kier alpha value is -3.27. The number of aromatic amines is 2. The number of hydrogen-bond acceptors (Lipinski definition) is 5. The van der Waals surface area contributed by atoms with Gasteiger partial charge in [0.25, 0.3) is 5.91 Å². The van der Waals surface area contributed by atoms with Gasteiger partial charge in [-0.2, -0.15) is 10.2 Å². The fourth-order valence-corrected chi connectivity index (χ4v) is 5.99. The molecule has 1 aliphatic carbocycles. The number of hydrogen-bond donors (Lipinski definition) is 3. The van der Waals surface area contributed by atoms with E-state index in [1.54, 1.807) is 17.2 Å². The molecular weight excluding hydrogens is 500 g/mol. The molecule has 2 heterocycles. The monoisotopic (exact) mass is 538 g/mol. The number of H-pyrrole nitrogens is 2. The van der Waals surface area contributed by atoms with E-state index in [2.05, 4.69) is 32.6 Å².